The smallest absolute Gasteiger partial charge is 0.243 e. The minimum absolute atomic E-state index is 0.270. The average Bonchev–Trinajstić information content (AvgIpc) is 2.67. The molecule has 0 bridgehead atoms. The summed E-state index contributed by atoms with van der Waals surface area (Å²) in [5.74, 6) is 0.873. The molecule has 0 radical (unpaired) electrons. The maximum absolute atomic E-state index is 5.99. The van der Waals surface area contributed by atoms with Gasteiger partial charge in [0.2, 0.25) is 11.7 Å². The first-order valence-electron chi connectivity index (χ1n) is 4.52. The minimum atomic E-state index is -0.270. The van der Waals surface area contributed by atoms with Crippen molar-refractivity contribution in [3.8, 4) is 11.4 Å². The Morgan fingerprint density at radius 2 is 2.13 bits per heavy atom. The van der Waals surface area contributed by atoms with Gasteiger partial charge in [-0.15, -0.1) is 0 Å². The van der Waals surface area contributed by atoms with Crippen LogP contribution in [0.25, 0.3) is 11.4 Å². The van der Waals surface area contributed by atoms with Crippen LogP contribution in [-0.4, -0.2) is 10.1 Å². The lowest BCUT2D eigenvalue weighted by molar-refractivity contribution is 0.362. The summed E-state index contributed by atoms with van der Waals surface area (Å²) in [6.45, 7) is 1.78. The van der Waals surface area contributed by atoms with Crippen molar-refractivity contribution in [1.82, 2.24) is 10.1 Å². The molecule has 2 N–H and O–H groups in total. The fraction of sp³-hybridized carbons (Fsp3) is 0.200. The van der Waals surface area contributed by atoms with Crippen LogP contribution in [0.3, 0.4) is 0 Å². The third-order valence-electron chi connectivity index (χ3n) is 1.95. The number of nitrogens with two attached hydrogens (primary N) is 1. The van der Waals surface area contributed by atoms with Crippen molar-refractivity contribution in [2.45, 2.75) is 13.0 Å². The summed E-state index contributed by atoms with van der Waals surface area (Å²) in [6.07, 6.45) is 0. The van der Waals surface area contributed by atoms with E-state index in [0.29, 0.717) is 16.7 Å². The van der Waals surface area contributed by atoms with Gasteiger partial charge in [-0.1, -0.05) is 28.9 Å². The van der Waals surface area contributed by atoms with Gasteiger partial charge in [0.05, 0.1) is 11.1 Å². The van der Waals surface area contributed by atoms with Gasteiger partial charge in [0.25, 0.3) is 0 Å². The molecule has 0 aliphatic carbocycles. The molecule has 0 saturated heterocycles. The van der Waals surface area contributed by atoms with Crippen LogP contribution in [0.2, 0.25) is 5.02 Å². The predicted molar refractivity (Wildman–Crippen MR) is 57.3 cm³/mol. The summed E-state index contributed by atoms with van der Waals surface area (Å²) >= 11 is 5.99. The molecule has 0 aliphatic heterocycles. The van der Waals surface area contributed by atoms with Gasteiger partial charge in [-0.3, -0.25) is 0 Å². The highest BCUT2D eigenvalue weighted by molar-refractivity contribution is 6.33. The largest absolute Gasteiger partial charge is 0.337 e. The molecule has 0 fully saturated rings. The molecule has 5 heteroatoms. The van der Waals surface area contributed by atoms with Crippen LogP contribution >= 0.6 is 11.6 Å². The fourth-order valence-corrected chi connectivity index (χ4v) is 1.39. The quantitative estimate of drug-likeness (QED) is 0.849. The van der Waals surface area contributed by atoms with Crippen molar-refractivity contribution in [3.05, 3.63) is 35.2 Å². The molecule has 1 unspecified atom stereocenters. The predicted octanol–water partition coefficient (Wildman–Crippen LogP) is 2.41. The Bertz CT molecular complexity index is 467. The van der Waals surface area contributed by atoms with E-state index in [1.165, 1.54) is 0 Å². The molecule has 78 valence electrons. The number of nitrogens with zero attached hydrogens (tertiary/aromatic N) is 2. The average molecular weight is 224 g/mol. The minimum Gasteiger partial charge on any atom is -0.337 e. The van der Waals surface area contributed by atoms with Gasteiger partial charge >= 0.3 is 0 Å². The van der Waals surface area contributed by atoms with Crippen molar-refractivity contribution in [2.75, 3.05) is 0 Å². The molecular weight excluding hydrogens is 214 g/mol. The summed E-state index contributed by atoms with van der Waals surface area (Å²) < 4.78 is 4.99. The van der Waals surface area contributed by atoms with E-state index in [1.54, 1.807) is 13.0 Å². The zero-order valence-electron chi connectivity index (χ0n) is 8.14. The van der Waals surface area contributed by atoms with Gasteiger partial charge in [-0.25, -0.2) is 0 Å². The Morgan fingerprint density at radius 1 is 1.40 bits per heavy atom. The van der Waals surface area contributed by atoms with Gasteiger partial charge in [-0.2, -0.15) is 4.98 Å². The van der Waals surface area contributed by atoms with E-state index >= 15 is 0 Å². The van der Waals surface area contributed by atoms with Crippen molar-refractivity contribution >= 4 is 11.6 Å². The highest BCUT2D eigenvalue weighted by Crippen LogP contribution is 2.25. The second kappa shape index (κ2) is 4.00. The summed E-state index contributed by atoms with van der Waals surface area (Å²) in [5.41, 5.74) is 6.36. The van der Waals surface area contributed by atoms with Gasteiger partial charge in [-0.05, 0) is 19.1 Å². The second-order valence-electron chi connectivity index (χ2n) is 3.22. The van der Waals surface area contributed by atoms with E-state index in [9.17, 15) is 0 Å². The van der Waals surface area contributed by atoms with E-state index in [1.807, 2.05) is 18.2 Å². The van der Waals surface area contributed by atoms with Crippen LogP contribution < -0.4 is 5.73 Å². The molecule has 1 aromatic heterocycles. The maximum atomic E-state index is 5.99. The van der Waals surface area contributed by atoms with Crippen molar-refractivity contribution in [3.63, 3.8) is 0 Å². The zero-order chi connectivity index (χ0) is 10.8. The van der Waals surface area contributed by atoms with E-state index in [4.69, 9.17) is 21.9 Å². The van der Waals surface area contributed by atoms with Gasteiger partial charge in [0.1, 0.15) is 0 Å². The summed E-state index contributed by atoms with van der Waals surface area (Å²) in [6, 6.07) is 7.05. The van der Waals surface area contributed by atoms with E-state index < -0.39 is 0 Å². The van der Waals surface area contributed by atoms with Crippen molar-refractivity contribution in [1.29, 1.82) is 0 Å². The van der Waals surface area contributed by atoms with Crippen LogP contribution in [-0.2, 0) is 0 Å². The number of hydrogen-bond acceptors (Lipinski definition) is 4. The molecular formula is C10H10ClN3O. The molecule has 1 atom stereocenters. The first kappa shape index (κ1) is 10.1. The third kappa shape index (κ3) is 2.00. The Labute approximate surface area is 92.0 Å². The lowest BCUT2D eigenvalue weighted by Gasteiger charge is -1.96. The lowest BCUT2D eigenvalue weighted by atomic mass is 10.2. The molecule has 0 aliphatic rings. The van der Waals surface area contributed by atoms with Gasteiger partial charge in [0.15, 0.2) is 0 Å². The van der Waals surface area contributed by atoms with Gasteiger partial charge < -0.3 is 10.3 Å². The highest BCUT2D eigenvalue weighted by atomic mass is 35.5. The molecule has 0 amide bonds. The summed E-state index contributed by atoms with van der Waals surface area (Å²) in [7, 11) is 0. The van der Waals surface area contributed by atoms with Gasteiger partial charge in [0, 0.05) is 5.56 Å². The molecule has 15 heavy (non-hydrogen) atoms. The second-order valence-corrected chi connectivity index (χ2v) is 3.63. The van der Waals surface area contributed by atoms with Crippen LogP contribution in [0.4, 0.5) is 0 Å². The molecule has 4 nitrogen and oxygen atoms in total. The first-order chi connectivity index (χ1) is 7.18. The lowest BCUT2D eigenvalue weighted by Crippen LogP contribution is -2.04. The fourth-order valence-electron chi connectivity index (χ4n) is 1.17. The normalized spacial score (nSPS) is 12.7. The maximum Gasteiger partial charge on any atom is 0.243 e. The molecule has 2 aromatic rings. The van der Waals surface area contributed by atoms with Crippen LogP contribution in [0.15, 0.2) is 28.8 Å². The molecule has 0 spiro atoms. The monoisotopic (exact) mass is 223 g/mol. The van der Waals surface area contributed by atoms with Crippen LogP contribution in [0, 0.1) is 0 Å². The number of aromatic nitrogens is 2. The zero-order valence-corrected chi connectivity index (χ0v) is 8.90. The Hall–Kier alpha value is -1.39. The standard InChI is InChI=1S/C10H10ClN3O/c1-6(12)10-13-9(14-15-10)7-4-2-3-5-8(7)11/h2-6H,12H2,1H3. The topological polar surface area (TPSA) is 64.9 Å². The molecule has 2 rings (SSSR count). The Morgan fingerprint density at radius 3 is 2.73 bits per heavy atom. The Balaban J connectivity index is 2.42. The SMILES string of the molecule is CC(N)c1nc(-c2ccccc2Cl)no1. The van der Waals surface area contributed by atoms with E-state index in [0.717, 1.165) is 5.56 Å². The van der Waals surface area contributed by atoms with Crippen molar-refractivity contribution < 1.29 is 4.52 Å². The Kier molecular flexibility index (Phi) is 2.70. The molecule has 1 heterocycles. The van der Waals surface area contributed by atoms with E-state index in [2.05, 4.69) is 10.1 Å². The van der Waals surface area contributed by atoms with E-state index in [-0.39, 0.29) is 6.04 Å². The third-order valence-corrected chi connectivity index (χ3v) is 2.28. The first-order valence-corrected chi connectivity index (χ1v) is 4.90. The molecule has 0 saturated carbocycles. The summed E-state index contributed by atoms with van der Waals surface area (Å²) in [4.78, 5) is 4.15. The summed E-state index contributed by atoms with van der Waals surface area (Å²) in [5, 5.41) is 4.41. The number of rotatable bonds is 2. The number of hydrogen-bond donors (Lipinski definition) is 1. The van der Waals surface area contributed by atoms with Crippen molar-refractivity contribution in [2.24, 2.45) is 5.73 Å². The highest BCUT2D eigenvalue weighted by Gasteiger charge is 2.13. The molecule has 1 aromatic carbocycles. The number of benzene rings is 1. The number of halogens is 1. The van der Waals surface area contributed by atoms with Crippen LogP contribution in [0.5, 0.6) is 0 Å². The van der Waals surface area contributed by atoms with Crippen LogP contribution in [0.1, 0.15) is 18.9 Å².